The predicted octanol–water partition coefficient (Wildman–Crippen LogP) is 4.12. The van der Waals surface area contributed by atoms with Crippen molar-refractivity contribution >= 4 is 23.2 Å². The molecule has 0 radical (unpaired) electrons. The molecule has 0 bridgehead atoms. The Morgan fingerprint density at radius 2 is 1.59 bits per heavy atom. The number of anilines is 1. The molecule has 116 valence electrons. The Balaban J connectivity index is 1.94. The average Bonchev–Trinajstić information content (AvgIpc) is 2.55. The molecule has 2 rings (SSSR count). The summed E-state index contributed by atoms with van der Waals surface area (Å²) in [4.78, 5) is 14.3. The van der Waals surface area contributed by atoms with Crippen LogP contribution in [-0.4, -0.2) is 19.0 Å². The van der Waals surface area contributed by atoms with Gasteiger partial charge in [0.2, 0.25) is 0 Å². The summed E-state index contributed by atoms with van der Waals surface area (Å²) in [5, 5.41) is 3.54. The fourth-order valence-corrected chi connectivity index (χ4v) is 2.43. The molecule has 0 aliphatic rings. The van der Waals surface area contributed by atoms with Crippen molar-refractivity contribution in [3.8, 4) is 0 Å². The van der Waals surface area contributed by atoms with Crippen molar-refractivity contribution in [1.82, 2.24) is 5.32 Å². The SMILES string of the molecule is CCN(CC)c1ccc(CNC(=O)c2ccc(Cl)cc2)cc1. The molecule has 0 atom stereocenters. The summed E-state index contributed by atoms with van der Waals surface area (Å²) in [6.07, 6.45) is 0. The maximum atomic E-state index is 12.0. The van der Waals surface area contributed by atoms with E-state index in [1.54, 1.807) is 24.3 Å². The van der Waals surface area contributed by atoms with Gasteiger partial charge in [-0.15, -0.1) is 0 Å². The van der Waals surface area contributed by atoms with Crippen LogP contribution >= 0.6 is 11.6 Å². The lowest BCUT2D eigenvalue weighted by Gasteiger charge is -2.21. The molecule has 0 saturated heterocycles. The first-order valence-electron chi connectivity index (χ1n) is 7.51. The molecule has 2 aromatic carbocycles. The van der Waals surface area contributed by atoms with Gasteiger partial charge >= 0.3 is 0 Å². The van der Waals surface area contributed by atoms with Crippen molar-refractivity contribution in [3.05, 3.63) is 64.7 Å². The fraction of sp³-hybridized carbons (Fsp3) is 0.278. The van der Waals surface area contributed by atoms with Crippen molar-refractivity contribution < 1.29 is 4.79 Å². The van der Waals surface area contributed by atoms with Crippen molar-refractivity contribution in [1.29, 1.82) is 0 Å². The van der Waals surface area contributed by atoms with Gasteiger partial charge in [-0.3, -0.25) is 4.79 Å². The minimum absolute atomic E-state index is 0.0931. The van der Waals surface area contributed by atoms with E-state index in [1.165, 1.54) is 5.69 Å². The zero-order chi connectivity index (χ0) is 15.9. The van der Waals surface area contributed by atoms with Gasteiger partial charge in [0, 0.05) is 35.9 Å². The molecule has 4 heteroatoms. The highest BCUT2D eigenvalue weighted by molar-refractivity contribution is 6.30. The molecule has 0 aromatic heterocycles. The van der Waals surface area contributed by atoms with E-state index in [0.29, 0.717) is 17.1 Å². The van der Waals surface area contributed by atoms with E-state index in [4.69, 9.17) is 11.6 Å². The molecule has 0 heterocycles. The van der Waals surface area contributed by atoms with Gasteiger partial charge in [0.05, 0.1) is 0 Å². The smallest absolute Gasteiger partial charge is 0.251 e. The maximum absolute atomic E-state index is 12.0. The quantitative estimate of drug-likeness (QED) is 0.869. The van der Waals surface area contributed by atoms with Crippen LogP contribution in [0.5, 0.6) is 0 Å². The molecular formula is C18H21ClN2O. The van der Waals surface area contributed by atoms with Gasteiger partial charge < -0.3 is 10.2 Å². The lowest BCUT2D eigenvalue weighted by Crippen LogP contribution is -2.23. The van der Waals surface area contributed by atoms with E-state index in [0.717, 1.165) is 18.7 Å². The maximum Gasteiger partial charge on any atom is 0.251 e. The third kappa shape index (κ3) is 4.25. The number of nitrogens with zero attached hydrogens (tertiary/aromatic N) is 1. The number of hydrogen-bond donors (Lipinski definition) is 1. The summed E-state index contributed by atoms with van der Waals surface area (Å²) in [7, 11) is 0. The number of carbonyl (C=O) groups is 1. The molecular weight excluding hydrogens is 296 g/mol. The first-order valence-corrected chi connectivity index (χ1v) is 7.89. The minimum Gasteiger partial charge on any atom is -0.372 e. The average molecular weight is 317 g/mol. The van der Waals surface area contributed by atoms with E-state index < -0.39 is 0 Å². The summed E-state index contributed by atoms with van der Waals surface area (Å²) < 4.78 is 0. The van der Waals surface area contributed by atoms with Crippen LogP contribution in [-0.2, 0) is 6.54 Å². The zero-order valence-corrected chi connectivity index (χ0v) is 13.7. The number of rotatable bonds is 6. The van der Waals surface area contributed by atoms with Gasteiger partial charge in [0.25, 0.3) is 5.91 Å². The van der Waals surface area contributed by atoms with Crippen molar-refractivity contribution in [2.24, 2.45) is 0 Å². The van der Waals surface area contributed by atoms with E-state index in [-0.39, 0.29) is 5.91 Å². The Bertz CT molecular complexity index is 604. The first kappa shape index (κ1) is 16.4. The molecule has 0 saturated carbocycles. The summed E-state index contributed by atoms with van der Waals surface area (Å²) >= 11 is 5.82. The molecule has 3 nitrogen and oxygen atoms in total. The second-order valence-corrected chi connectivity index (χ2v) is 5.46. The van der Waals surface area contributed by atoms with Gasteiger partial charge in [-0.2, -0.15) is 0 Å². The van der Waals surface area contributed by atoms with Crippen LogP contribution in [0.1, 0.15) is 29.8 Å². The Hall–Kier alpha value is -2.00. The van der Waals surface area contributed by atoms with Crippen molar-refractivity contribution in [2.75, 3.05) is 18.0 Å². The number of hydrogen-bond acceptors (Lipinski definition) is 2. The van der Waals surface area contributed by atoms with Crippen LogP contribution in [0, 0.1) is 0 Å². The fourth-order valence-electron chi connectivity index (χ4n) is 2.30. The second-order valence-electron chi connectivity index (χ2n) is 5.03. The van der Waals surface area contributed by atoms with Crippen LogP contribution in [0.3, 0.4) is 0 Å². The van der Waals surface area contributed by atoms with Gasteiger partial charge in [0.15, 0.2) is 0 Å². The number of benzene rings is 2. The third-order valence-corrected chi connectivity index (χ3v) is 3.88. The van der Waals surface area contributed by atoms with Gasteiger partial charge in [-0.1, -0.05) is 23.7 Å². The number of nitrogens with one attached hydrogen (secondary N) is 1. The third-order valence-electron chi connectivity index (χ3n) is 3.62. The summed E-state index contributed by atoms with van der Waals surface area (Å²) in [6.45, 7) is 6.78. The molecule has 1 amide bonds. The van der Waals surface area contributed by atoms with Gasteiger partial charge in [0.1, 0.15) is 0 Å². The van der Waals surface area contributed by atoms with E-state index >= 15 is 0 Å². The van der Waals surface area contributed by atoms with E-state index in [9.17, 15) is 4.79 Å². The zero-order valence-electron chi connectivity index (χ0n) is 13.0. The number of amides is 1. The highest BCUT2D eigenvalue weighted by Crippen LogP contribution is 2.15. The van der Waals surface area contributed by atoms with Crippen LogP contribution in [0.25, 0.3) is 0 Å². The number of carbonyl (C=O) groups excluding carboxylic acids is 1. The van der Waals surface area contributed by atoms with Crippen LogP contribution in [0.15, 0.2) is 48.5 Å². The monoisotopic (exact) mass is 316 g/mol. The summed E-state index contributed by atoms with van der Waals surface area (Å²) in [5.41, 5.74) is 2.90. The van der Waals surface area contributed by atoms with Crippen LogP contribution < -0.4 is 10.2 Å². The molecule has 2 aromatic rings. The second kappa shape index (κ2) is 7.85. The van der Waals surface area contributed by atoms with Gasteiger partial charge in [-0.25, -0.2) is 0 Å². The molecule has 0 spiro atoms. The van der Waals surface area contributed by atoms with Crippen molar-refractivity contribution in [2.45, 2.75) is 20.4 Å². The lowest BCUT2D eigenvalue weighted by molar-refractivity contribution is 0.0951. The standard InChI is InChI=1S/C18H21ClN2O/c1-3-21(4-2)17-11-5-14(6-12-17)13-20-18(22)15-7-9-16(19)10-8-15/h5-12H,3-4,13H2,1-2H3,(H,20,22). The Kier molecular flexibility index (Phi) is 5.84. The minimum atomic E-state index is -0.0931. The topological polar surface area (TPSA) is 32.3 Å². The Morgan fingerprint density at radius 3 is 2.14 bits per heavy atom. The molecule has 1 N–H and O–H groups in total. The Labute approximate surface area is 136 Å². The highest BCUT2D eigenvalue weighted by atomic mass is 35.5. The normalized spacial score (nSPS) is 10.3. The first-order chi connectivity index (χ1) is 10.6. The number of halogens is 1. The largest absolute Gasteiger partial charge is 0.372 e. The van der Waals surface area contributed by atoms with E-state index in [2.05, 4.69) is 48.3 Å². The molecule has 0 fully saturated rings. The molecule has 0 unspecified atom stereocenters. The summed E-state index contributed by atoms with van der Waals surface area (Å²) in [6, 6.07) is 15.2. The van der Waals surface area contributed by atoms with Crippen molar-refractivity contribution in [3.63, 3.8) is 0 Å². The van der Waals surface area contributed by atoms with E-state index in [1.807, 2.05) is 0 Å². The summed E-state index contributed by atoms with van der Waals surface area (Å²) in [5.74, 6) is -0.0931. The van der Waals surface area contributed by atoms with Gasteiger partial charge in [-0.05, 0) is 55.8 Å². The van der Waals surface area contributed by atoms with Crippen LogP contribution in [0.4, 0.5) is 5.69 Å². The molecule has 0 aliphatic heterocycles. The molecule has 22 heavy (non-hydrogen) atoms. The van der Waals surface area contributed by atoms with Crippen LogP contribution in [0.2, 0.25) is 5.02 Å². The predicted molar refractivity (Wildman–Crippen MR) is 92.6 cm³/mol. The highest BCUT2D eigenvalue weighted by Gasteiger charge is 2.05. The lowest BCUT2D eigenvalue weighted by atomic mass is 10.1. The Morgan fingerprint density at radius 1 is 1.00 bits per heavy atom. The molecule has 0 aliphatic carbocycles.